The van der Waals surface area contributed by atoms with Crippen LogP contribution in [0.1, 0.15) is 0 Å². The molecule has 0 amide bonds. The quantitative estimate of drug-likeness (QED) is 0.642. The van der Waals surface area contributed by atoms with E-state index in [-0.39, 0.29) is 0 Å². The molecule has 0 radical (unpaired) electrons. The molecule has 16 heavy (non-hydrogen) atoms. The number of hydrogen-bond acceptors (Lipinski definition) is 2. The summed E-state index contributed by atoms with van der Waals surface area (Å²) >= 11 is 5.89. The first-order chi connectivity index (χ1) is 7.84. The Balaban J connectivity index is 2.26. The Hall–Kier alpha value is -1.87. The molecule has 0 saturated carbocycles. The van der Waals surface area contributed by atoms with Crippen LogP contribution in [0.15, 0.2) is 48.7 Å². The molecule has 0 atom stereocenters. The van der Waals surface area contributed by atoms with Gasteiger partial charge in [0.05, 0.1) is 10.5 Å². The highest BCUT2D eigenvalue weighted by molar-refractivity contribution is 6.30. The third-order valence-corrected chi connectivity index (χ3v) is 2.65. The Morgan fingerprint density at radius 1 is 1.00 bits per heavy atom. The van der Waals surface area contributed by atoms with E-state index in [1.54, 1.807) is 10.7 Å². The van der Waals surface area contributed by atoms with Gasteiger partial charge >= 0.3 is 0 Å². The minimum absolute atomic E-state index is 0.650. The van der Waals surface area contributed by atoms with Crippen molar-refractivity contribution >= 4 is 17.1 Å². The number of halogens is 1. The summed E-state index contributed by atoms with van der Waals surface area (Å²) in [6, 6.07) is 13.7. The Kier molecular flexibility index (Phi) is 2.11. The molecule has 2 aromatic heterocycles. The second kappa shape index (κ2) is 3.61. The van der Waals surface area contributed by atoms with Gasteiger partial charge in [-0.1, -0.05) is 47.1 Å². The third kappa shape index (κ3) is 1.46. The van der Waals surface area contributed by atoms with E-state index in [4.69, 9.17) is 11.6 Å². The van der Waals surface area contributed by atoms with Gasteiger partial charge in [-0.05, 0) is 12.1 Å². The van der Waals surface area contributed by atoms with Crippen molar-refractivity contribution in [3.63, 3.8) is 0 Å². The van der Waals surface area contributed by atoms with Crippen LogP contribution in [0.2, 0.25) is 5.02 Å². The number of fused-ring (bicyclic) bond motifs is 1. The van der Waals surface area contributed by atoms with Crippen molar-refractivity contribution in [3.05, 3.63) is 53.7 Å². The molecule has 3 aromatic rings. The smallest absolute Gasteiger partial charge is 0.120 e. The van der Waals surface area contributed by atoms with Crippen LogP contribution in [0.4, 0.5) is 0 Å². The maximum absolute atomic E-state index is 5.89. The van der Waals surface area contributed by atoms with E-state index in [1.165, 1.54) is 0 Å². The van der Waals surface area contributed by atoms with E-state index in [0.29, 0.717) is 5.02 Å². The highest BCUT2D eigenvalue weighted by Gasteiger charge is 2.07. The van der Waals surface area contributed by atoms with E-state index in [0.717, 1.165) is 16.8 Å². The molecule has 0 spiro atoms. The van der Waals surface area contributed by atoms with E-state index in [1.807, 2.05) is 42.5 Å². The average Bonchev–Trinajstić information content (AvgIpc) is 2.73. The van der Waals surface area contributed by atoms with Crippen molar-refractivity contribution in [2.45, 2.75) is 0 Å². The molecule has 2 heterocycles. The van der Waals surface area contributed by atoms with Crippen molar-refractivity contribution in [1.29, 1.82) is 0 Å². The van der Waals surface area contributed by atoms with E-state index in [9.17, 15) is 0 Å². The number of pyridine rings is 1. The first-order valence-corrected chi connectivity index (χ1v) is 5.28. The molecule has 0 fully saturated rings. The summed E-state index contributed by atoms with van der Waals surface area (Å²) in [6.07, 6.45) is 1.75. The average molecular weight is 230 g/mol. The van der Waals surface area contributed by atoms with Crippen LogP contribution >= 0.6 is 11.6 Å². The van der Waals surface area contributed by atoms with Gasteiger partial charge in [0.15, 0.2) is 0 Å². The summed E-state index contributed by atoms with van der Waals surface area (Å²) in [4.78, 5) is 0. The lowest BCUT2D eigenvalue weighted by Gasteiger charge is -1.96. The number of rotatable bonds is 1. The van der Waals surface area contributed by atoms with Gasteiger partial charge in [0.25, 0.3) is 0 Å². The fourth-order valence-corrected chi connectivity index (χ4v) is 1.83. The summed E-state index contributed by atoms with van der Waals surface area (Å²) in [5.74, 6) is 0. The number of hydrogen-bond donors (Lipinski definition) is 0. The molecule has 0 aliphatic rings. The van der Waals surface area contributed by atoms with Gasteiger partial charge in [-0.3, -0.25) is 0 Å². The molecule has 3 rings (SSSR count). The van der Waals surface area contributed by atoms with Crippen molar-refractivity contribution in [1.82, 2.24) is 14.8 Å². The van der Waals surface area contributed by atoms with Crippen molar-refractivity contribution in [2.75, 3.05) is 0 Å². The lowest BCUT2D eigenvalue weighted by molar-refractivity contribution is 0.857. The largest absolute Gasteiger partial charge is 0.219 e. The van der Waals surface area contributed by atoms with Crippen LogP contribution in [-0.2, 0) is 0 Å². The second-order valence-corrected chi connectivity index (χ2v) is 3.92. The van der Waals surface area contributed by atoms with Gasteiger partial charge in [0.2, 0.25) is 0 Å². The standard InChI is InChI=1S/C12H8ClN3/c13-10-6-7-11-12(14-15-16(11)8-10)9-4-2-1-3-5-9/h1-8H. The Bertz CT molecular complexity index is 631. The van der Waals surface area contributed by atoms with Gasteiger partial charge in [0.1, 0.15) is 5.69 Å². The maximum atomic E-state index is 5.89. The third-order valence-electron chi connectivity index (χ3n) is 2.42. The normalized spacial score (nSPS) is 10.8. The lowest BCUT2D eigenvalue weighted by atomic mass is 10.1. The predicted octanol–water partition coefficient (Wildman–Crippen LogP) is 3.05. The summed E-state index contributed by atoms with van der Waals surface area (Å²) in [7, 11) is 0. The molecule has 0 bridgehead atoms. The second-order valence-electron chi connectivity index (χ2n) is 3.48. The molecule has 3 nitrogen and oxygen atoms in total. The topological polar surface area (TPSA) is 30.2 Å². The van der Waals surface area contributed by atoms with Crippen LogP contribution in [0.25, 0.3) is 16.8 Å². The predicted molar refractivity (Wildman–Crippen MR) is 63.4 cm³/mol. The van der Waals surface area contributed by atoms with Gasteiger partial charge in [-0.2, -0.15) is 0 Å². The van der Waals surface area contributed by atoms with Crippen molar-refractivity contribution in [2.24, 2.45) is 0 Å². The summed E-state index contributed by atoms with van der Waals surface area (Å²) in [6.45, 7) is 0. The molecular formula is C12H8ClN3. The van der Waals surface area contributed by atoms with E-state index in [2.05, 4.69) is 10.3 Å². The molecule has 0 N–H and O–H groups in total. The van der Waals surface area contributed by atoms with Crippen LogP contribution in [-0.4, -0.2) is 14.8 Å². The van der Waals surface area contributed by atoms with Crippen molar-refractivity contribution < 1.29 is 0 Å². The number of nitrogens with zero attached hydrogens (tertiary/aromatic N) is 3. The molecule has 0 unspecified atom stereocenters. The Morgan fingerprint density at radius 2 is 1.81 bits per heavy atom. The zero-order valence-electron chi connectivity index (χ0n) is 8.34. The molecular weight excluding hydrogens is 222 g/mol. The number of aromatic nitrogens is 3. The Morgan fingerprint density at radius 3 is 2.62 bits per heavy atom. The minimum atomic E-state index is 0.650. The van der Waals surface area contributed by atoms with E-state index >= 15 is 0 Å². The summed E-state index contributed by atoms with van der Waals surface area (Å²) < 4.78 is 1.69. The molecule has 4 heteroatoms. The molecule has 78 valence electrons. The fraction of sp³-hybridized carbons (Fsp3) is 0. The van der Waals surface area contributed by atoms with E-state index < -0.39 is 0 Å². The van der Waals surface area contributed by atoms with Crippen LogP contribution in [0, 0.1) is 0 Å². The van der Waals surface area contributed by atoms with Crippen LogP contribution in [0.5, 0.6) is 0 Å². The van der Waals surface area contributed by atoms with Gasteiger partial charge in [0, 0.05) is 11.8 Å². The van der Waals surface area contributed by atoms with Crippen molar-refractivity contribution in [3.8, 4) is 11.3 Å². The van der Waals surface area contributed by atoms with Gasteiger partial charge in [-0.25, -0.2) is 4.52 Å². The number of benzene rings is 1. The highest BCUT2D eigenvalue weighted by atomic mass is 35.5. The Labute approximate surface area is 97.3 Å². The molecule has 0 saturated heterocycles. The fourth-order valence-electron chi connectivity index (χ4n) is 1.67. The molecule has 0 aliphatic heterocycles. The molecule has 0 aliphatic carbocycles. The molecule has 1 aromatic carbocycles. The van der Waals surface area contributed by atoms with Gasteiger partial charge < -0.3 is 0 Å². The van der Waals surface area contributed by atoms with Gasteiger partial charge in [-0.15, -0.1) is 5.10 Å². The monoisotopic (exact) mass is 229 g/mol. The first-order valence-electron chi connectivity index (χ1n) is 4.90. The highest BCUT2D eigenvalue weighted by Crippen LogP contribution is 2.22. The zero-order valence-corrected chi connectivity index (χ0v) is 9.09. The zero-order chi connectivity index (χ0) is 11.0. The summed E-state index contributed by atoms with van der Waals surface area (Å²) in [5.41, 5.74) is 2.88. The van der Waals surface area contributed by atoms with Crippen LogP contribution in [0.3, 0.4) is 0 Å². The summed E-state index contributed by atoms with van der Waals surface area (Å²) in [5, 5.41) is 8.85. The lowest BCUT2D eigenvalue weighted by Crippen LogP contribution is -1.85. The SMILES string of the molecule is Clc1ccc2c(-c3ccccc3)nnn2c1. The minimum Gasteiger partial charge on any atom is -0.219 e. The first kappa shape index (κ1) is 9.36. The van der Waals surface area contributed by atoms with Crippen LogP contribution < -0.4 is 0 Å². The maximum Gasteiger partial charge on any atom is 0.120 e.